The summed E-state index contributed by atoms with van der Waals surface area (Å²) in [5.74, 6) is 0. The Kier molecular flexibility index (Phi) is 4.37. The van der Waals surface area contributed by atoms with Gasteiger partial charge < -0.3 is 5.32 Å². The fourth-order valence-electron chi connectivity index (χ4n) is 1.92. The number of nitrogens with zero attached hydrogens (tertiary/aromatic N) is 1. The van der Waals surface area contributed by atoms with Gasteiger partial charge in [-0.15, -0.1) is 0 Å². The summed E-state index contributed by atoms with van der Waals surface area (Å²) in [4.78, 5) is 4.16. The maximum absolute atomic E-state index is 4.16. The molecule has 0 aliphatic rings. The maximum atomic E-state index is 4.16. The maximum Gasteiger partial charge on any atom is 0.0416 e. The molecule has 0 amide bonds. The van der Waals surface area contributed by atoms with E-state index in [1.807, 2.05) is 6.20 Å². The molecular formula is C15H17BrN2. The molecule has 0 saturated heterocycles. The minimum Gasteiger partial charge on any atom is -0.381 e. The predicted octanol–water partition coefficient (Wildman–Crippen LogP) is 4.33. The summed E-state index contributed by atoms with van der Waals surface area (Å²) in [6, 6.07) is 8.59. The van der Waals surface area contributed by atoms with Crippen molar-refractivity contribution in [2.45, 2.75) is 26.8 Å². The number of rotatable bonds is 4. The molecule has 1 heterocycles. The smallest absolute Gasteiger partial charge is 0.0416 e. The Morgan fingerprint density at radius 2 is 2.06 bits per heavy atom. The van der Waals surface area contributed by atoms with Crippen LogP contribution in [-0.2, 0) is 13.0 Å². The number of hydrogen-bond acceptors (Lipinski definition) is 2. The average molecular weight is 305 g/mol. The number of hydrogen-bond donors (Lipinski definition) is 1. The van der Waals surface area contributed by atoms with Gasteiger partial charge >= 0.3 is 0 Å². The molecular weight excluding hydrogens is 288 g/mol. The first kappa shape index (κ1) is 13.1. The molecule has 2 rings (SSSR count). The fraction of sp³-hybridized carbons (Fsp3) is 0.267. The monoisotopic (exact) mass is 304 g/mol. The molecule has 2 aromatic rings. The highest BCUT2D eigenvalue weighted by Crippen LogP contribution is 2.17. The summed E-state index contributed by atoms with van der Waals surface area (Å²) in [5.41, 5.74) is 5.08. The van der Waals surface area contributed by atoms with Gasteiger partial charge in [-0.1, -0.05) is 13.0 Å². The molecule has 0 aliphatic carbocycles. The number of anilines is 1. The van der Waals surface area contributed by atoms with E-state index in [4.69, 9.17) is 0 Å². The molecule has 0 atom stereocenters. The van der Waals surface area contributed by atoms with E-state index >= 15 is 0 Å². The van der Waals surface area contributed by atoms with E-state index in [1.54, 1.807) is 6.20 Å². The number of nitrogens with one attached hydrogen (secondary N) is 1. The average Bonchev–Trinajstić information content (AvgIpc) is 2.38. The lowest BCUT2D eigenvalue weighted by Crippen LogP contribution is -2.01. The van der Waals surface area contributed by atoms with E-state index < -0.39 is 0 Å². The third kappa shape index (κ3) is 3.33. The quantitative estimate of drug-likeness (QED) is 0.909. The molecule has 0 radical (unpaired) electrons. The van der Waals surface area contributed by atoms with Crippen LogP contribution in [0.1, 0.15) is 23.6 Å². The molecule has 3 heteroatoms. The molecule has 2 nitrogen and oxygen atoms in total. The van der Waals surface area contributed by atoms with Crippen molar-refractivity contribution >= 4 is 21.6 Å². The predicted molar refractivity (Wildman–Crippen MR) is 79.8 cm³/mol. The lowest BCUT2D eigenvalue weighted by atomic mass is 10.1. The zero-order valence-corrected chi connectivity index (χ0v) is 12.3. The van der Waals surface area contributed by atoms with E-state index in [-0.39, 0.29) is 0 Å². The Labute approximate surface area is 117 Å². The van der Waals surface area contributed by atoms with Crippen LogP contribution < -0.4 is 5.32 Å². The van der Waals surface area contributed by atoms with Gasteiger partial charge in [0.2, 0.25) is 0 Å². The van der Waals surface area contributed by atoms with Gasteiger partial charge in [-0.2, -0.15) is 0 Å². The van der Waals surface area contributed by atoms with E-state index in [0.717, 1.165) is 23.1 Å². The van der Waals surface area contributed by atoms with Crippen LogP contribution in [-0.4, -0.2) is 4.98 Å². The number of aromatic nitrogens is 1. The number of halogens is 1. The van der Waals surface area contributed by atoms with E-state index in [2.05, 4.69) is 64.3 Å². The first-order chi connectivity index (χ1) is 8.69. The van der Waals surface area contributed by atoms with Crippen LogP contribution in [0.15, 0.2) is 41.1 Å². The molecule has 1 aromatic heterocycles. The highest BCUT2D eigenvalue weighted by Gasteiger charge is 1.99. The first-order valence-electron chi connectivity index (χ1n) is 6.12. The minimum atomic E-state index is 0.790. The highest BCUT2D eigenvalue weighted by atomic mass is 79.9. The van der Waals surface area contributed by atoms with Crippen molar-refractivity contribution < 1.29 is 0 Å². The first-order valence-corrected chi connectivity index (χ1v) is 6.91. The zero-order valence-electron chi connectivity index (χ0n) is 10.7. The van der Waals surface area contributed by atoms with Crippen molar-refractivity contribution in [1.82, 2.24) is 4.98 Å². The molecule has 0 unspecified atom stereocenters. The van der Waals surface area contributed by atoms with Crippen LogP contribution >= 0.6 is 15.9 Å². The van der Waals surface area contributed by atoms with Crippen LogP contribution in [0.2, 0.25) is 0 Å². The molecule has 94 valence electrons. The molecule has 0 saturated carbocycles. The molecule has 1 aromatic carbocycles. The molecule has 0 aliphatic heterocycles. The van der Waals surface area contributed by atoms with Crippen LogP contribution in [0.5, 0.6) is 0 Å². The second-order valence-corrected chi connectivity index (χ2v) is 5.28. The van der Waals surface area contributed by atoms with Crippen LogP contribution in [0.3, 0.4) is 0 Å². The lowest BCUT2D eigenvalue weighted by molar-refractivity contribution is 1.08. The van der Waals surface area contributed by atoms with Crippen LogP contribution in [0, 0.1) is 6.92 Å². The number of aryl methyl sites for hydroxylation is 2. The van der Waals surface area contributed by atoms with Gasteiger partial charge in [0.05, 0.1) is 0 Å². The number of benzene rings is 1. The summed E-state index contributed by atoms with van der Waals surface area (Å²) < 4.78 is 1.01. The van der Waals surface area contributed by atoms with Crippen LogP contribution in [0.4, 0.5) is 5.69 Å². The van der Waals surface area contributed by atoms with Gasteiger partial charge in [0.25, 0.3) is 0 Å². The summed E-state index contributed by atoms with van der Waals surface area (Å²) in [6.45, 7) is 5.13. The Hall–Kier alpha value is -1.35. The third-order valence-electron chi connectivity index (χ3n) is 2.99. The lowest BCUT2D eigenvalue weighted by Gasteiger charge is -2.10. The summed E-state index contributed by atoms with van der Waals surface area (Å²) in [7, 11) is 0. The van der Waals surface area contributed by atoms with Crippen LogP contribution in [0.25, 0.3) is 0 Å². The largest absolute Gasteiger partial charge is 0.381 e. The third-order valence-corrected chi connectivity index (χ3v) is 3.42. The zero-order chi connectivity index (χ0) is 13.0. The van der Waals surface area contributed by atoms with Gasteiger partial charge in [-0.3, -0.25) is 4.98 Å². The standard InChI is InChI=1S/C15H17BrN2/c1-3-13-7-15(5-4-11(13)2)18-9-12-6-14(16)10-17-8-12/h4-8,10,18H,3,9H2,1-2H3. The van der Waals surface area contributed by atoms with Crippen molar-refractivity contribution in [3.8, 4) is 0 Å². The summed E-state index contributed by atoms with van der Waals surface area (Å²) >= 11 is 3.43. The molecule has 0 spiro atoms. The van der Waals surface area contributed by atoms with Crippen molar-refractivity contribution in [2.24, 2.45) is 0 Å². The van der Waals surface area contributed by atoms with Crippen molar-refractivity contribution in [1.29, 1.82) is 0 Å². The van der Waals surface area contributed by atoms with Gasteiger partial charge in [0.1, 0.15) is 0 Å². The highest BCUT2D eigenvalue weighted by molar-refractivity contribution is 9.10. The summed E-state index contributed by atoms with van der Waals surface area (Å²) in [6.07, 6.45) is 4.75. The summed E-state index contributed by atoms with van der Waals surface area (Å²) in [5, 5.41) is 3.43. The SMILES string of the molecule is CCc1cc(NCc2cncc(Br)c2)ccc1C. The molecule has 0 bridgehead atoms. The Morgan fingerprint density at radius 3 is 2.78 bits per heavy atom. The normalized spacial score (nSPS) is 10.4. The molecule has 1 N–H and O–H groups in total. The molecule has 18 heavy (non-hydrogen) atoms. The van der Waals surface area contributed by atoms with Crippen molar-refractivity contribution in [2.75, 3.05) is 5.32 Å². The van der Waals surface area contributed by atoms with E-state index in [0.29, 0.717) is 0 Å². The Morgan fingerprint density at radius 1 is 1.22 bits per heavy atom. The van der Waals surface area contributed by atoms with Gasteiger partial charge in [-0.05, 0) is 64.2 Å². The van der Waals surface area contributed by atoms with E-state index in [1.165, 1.54) is 16.7 Å². The van der Waals surface area contributed by atoms with Gasteiger partial charge in [0.15, 0.2) is 0 Å². The van der Waals surface area contributed by atoms with Gasteiger partial charge in [-0.25, -0.2) is 0 Å². The minimum absolute atomic E-state index is 0.790. The van der Waals surface area contributed by atoms with E-state index in [9.17, 15) is 0 Å². The Bertz CT molecular complexity index is 538. The second-order valence-electron chi connectivity index (χ2n) is 4.36. The van der Waals surface area contributed by atoms with Crippen molar-refractivity contribution in [3.63, 3.8) is 0 Å². The second kappa shape index (κ2) is 6.01. The topological polar surface area (TPSA) is 24.9 Å². The molecule has 0 fully saturated rings. The fourth-order valence-corrected chi connectivity index (χ4v) is 2.33. The van der Waals surface area contributed by atoms with Gasteiger partial charge in [0, 0.05) is 29.1 Å². The van der Waals surface area contributed by atoms with Crippen molar-refractivity contribution in [3.05, 3.63) is 57.8 Å². The number of pyridine rings is 1. The Balaban J connectivity index is 2.06.